The molecule has 1 aromatic carbocycles. The monoisotopic (exact) mass is 304 g/mol. The molecule has 0 heterocycles. The predicted molar refractivity (Wildman–Crippen MR) is 88.9 cm³/mol. The van der Waals surface area contributed by atoms with Crippen molar-refractivity contribution in [1.82, 2.24) is 10.3 Å². The third-order valence-corrected chi connectivity index (χ3v) is 3.31. The first-order valence-electron chi connectivity index (χ1n) is 7.04. The Kier molecular flexibility index (Phi) is 6.47. The van der Waals surface area contributed by atoms with E-state index in [9.17, 15) is 4.79 Å². The summed E-state index contributed by atoms with van der Waals surface area (Å²) in [4.78, 5) is 12.6. The number of methoxy groups -OCH3 is 1. The van der Waals surface area contributed by atoms with Crippen LogP contribution in [0.1, 0.15) is 30.1 Å². The van der Waals surface area contributed by atoms with E-state index in [2.05, 4.69) is 18.5 Å². The molecule has 1 rings (SSSR count). The predicted octanol–water partition coefficient (Wildman–Crippen LogP) is 2.01. The van der Waals surface area contributed by atoms with Crippen LogP contribution in [0.3, 0.4) is 0 Å². The van der Waals surface area contributed by atoms with E-state index in [1.807, 2.05) is 6.92 Å². The number of benzene rings is 1. The molecular formula is C16H24N4O2. The van der Waals surface area contributed by atoms with E-state index >= 15 is 0 Å². The highest BCUT2D eigenvalue weighted by Gasteiger charge is 2.25. The van der Waals surface area contributed by atoms with Gasteiger partial charge in [0.15, 0.2) is 0 Å². The number of carbonyl (C=O) groups excluding carboxylic acids is 1. The number of nitrogens with zero attached hydrogens (tertiary/aromatic N) is 1. The van der Waals surface area contributed by atoms with Crippen molar-refractivity contribution in [2.75, 3.05) is 12.8 Å². The number of nitrogens with one attached hydrogen (secondary N) is 1. The molecule has 1 unspecified atom stereocenters. The molecule has 0 saturated carbocycles. The molecule has 22 heavy (non-hydrogen) atoms. The van der Waals surface area contributed by atoms with Crippen molar-refractivity contribution in [2.45, 2.75) is 25.8 Å². The maximum Gasteiger partial charge on any atom is 0.270 e. The van der Waals surface area contributed by atoms with Crippen molar-refractivity contribution in [3.05, 3.63) is 48.8 Å². The molecule has 6 heteroatoms. The number of hydrogen-bond acceptors (Lipinski definition) is 5. The summed E-state index contributed by atoms with van der Waals surface area (Å²) in [5.41, 5.74) is 7.13. The highest BCUT2D eigenvalue weighted by Crippen LogP contribution is 2.22. The highest BCUT2D eigenvalue weighted by molar-refractivity contribution is 5.99. The fourth-order valence-corrected chi connectivity index (χ4v) is 2.11. The Morgan fingerprint density at radius 2 is 2.23 bits per heavy atom. The fourth-order valence-electron chi connectivity index (χ4n) is 2.11. The molecule has 1 aromatic rings. The van der Waals surface area contributed by atoms with Crippen molar-refractivity contribution >= 4 is 11.6 Å². The Balaban J connectivity index is 3.07. The lowest BCUT2D eigenvalue weighted by Gasteiger charge is -2.29. The van der Waals surface area contributed by atoms with Gasteiger partial charge in [-0.1, -0.05) is 26.5 Å². The Hall–Kier alpha value is -2.47. The molecule has 0 aliphatic carbocycles. The lowest BCUT2D eigenvalue weighted by Crippen LogP contribution is -2.48. The van der Waals surface area contributed by atoms with Gasteiger partial charge in [0.05, 0.1) is 18.7 Å². The average molecular weight is 304 g/mol. The van der Waals surface area contributed by atoms with Crippen LogP contribution in [0.15, 0.2) is 43.3 Å². The van der Waals surface area contributed by atoms with Crippen LogP contribution in [-0.4, -0.2) is 24.1 Å². The normalized spacial score (nSPS) is 11.4. The number of ether oxygens (including phenoxy) is 1. The van der Waals surface area contributed by atoms with Gasteiger partial charge in [0.25, 0.3) is 5.91 Å². The van der Waals surface area contributed by atoms with Crippen molar-refractivity contribution in [3.63, 3.8) is 0 Å². The molecule has 0 aromatic heterocycles. The number of nitrogens with two attached hydrogens (primary N) is 2. The zero-order valence-electron chi connectivity index (χ0n) is 13.1. The highest BCUT2D eigenvalue weighted by atomic mass is 16.5. The summed E-state index contributed by atoms with van der Waals surface area (Å²) in [6, 6.07) is 4.52. The van der Waals surface area contributed by atoms with E-state index in [-0.39, 0.29) is 11.9 Å². The molecule has 0 fully saturated rings. The van der Waals surface area contributed by atoms with E-state index in [1.165, 1.54) is 13.3 Å². The maximum absolute atomic E-state index is 12.6. The van der Waals surface area contributed by atoms with Gasteiger partial charge in [0.1, 0.15) is 5.75 Å². The van der Waals surface area contributed by atoms with Gasteiger partial charge in [-0.15, -0.1) is 0 Å². The van der Waals surface area contributed by atoms with Gasteiger partial charge in [0.2, 0.25) is 0 Å². The SMILES string of the molecule is C=CNC(=C)C(CCC)N(N)C(=O)c1cc(OC)ccc1N. The summed E-state index contributed by atoms with van der Waals surface area (Å²) in [6.07, 6.45) is 3.02. The number of anilines is 1. The standard InChI is InChI=1S/C16H24N4O2/c1-5-7-15(11(3)19-6-2)20(18)16(21)13-10-12(22-4)8-9-14(13)17/h6,8-10,15,19H,2-3,5,7,17-18H2,1,4H3. The summed E-state index contributed by atoms with van der Waals surface area (Å²) >= 11 is 0. The number of rotatable bonds is 8. The van der Waals surface area contributed by atoms with Gasteiger partial charge in [0, 0.05) is 11.4 Å². The van der Waals surface area contributed by atoms with Crippen molar-refractivity contribution in [2.24, 2.45) is 5.84 Å². The van der Waals surface area contributed by atoms with E-state index < -0.39 is 0 Å². The van der Waals surface area contributed by atoms with E-state index in [0.29, 0.717) is 29.1 Å². The van der Waals surface area contributed by atoms with Gasteiger partial charge in [-0.3, -0.25) is 9.80 Å². The van der Waals surface area contributed by atoms with Crippen LogP contribution in [0.25, 0.3) is 0 Å². The Bertz CT molecular complexity index is 557. The fraction of sp³-hybridized carbons (Fsp3) is 0.312. The minimum atomic E-state index is -0.387. The molecule has 0 bridgehead atoms. The van der Waals surface area contributed by atoms with Crippen LogP contribution in [0, 0.1) is 0 Å². The molecule has 6 nitrogen and oxygen atoms in total. The van der Waals surface area contributed by atoms with Crippen molar-refractivity contribution in [3.8, 4) is 5.75 Å². The molecular weight excluding hydrogens is 280 g/mol. The van der Waals surface area contributed by atoms with Gasteiger partial charge in [-0.05, 0) is 30.8 Å². The number of hydrazine groups is 1. The molecule has 1 atom stereocenters. The Morgan fingerprint density at radius 3 is 2.77 bits per heavy atom. The summed E-state index contributed by atoms with van der Waals surface area (Å²) in [5.74, 6) is 6.18. The smallest absolute Gasteiger partial charge is 0.270 e. The van der Waals surface area contributed by atoms with Crippen LogP contribution in [0.2, 0.25) is 0 Å². The topological polar surface area (TPSA) is 93.6 Å². The summed E-state index contributed by atoms with van der Waals surface area (Å²) in [6.45, 7) is 9.50. The van der Waals surface area contributed by atoms with Crippen molar-refractivity contribution < 1.29 is 9.53 Å². The molecule has 0 aliphatic heterocycles. The number of hydrogen-bond donors (Lipinski definition) is 3. The second-order valence-electron chi connectivity index (χ2n) is 4.84. The Morgan fingerprint density at radius 1 is 1.55 bits per heavy atom. The third-order valence-electron chi connectivity index (χ3n) is 3.31. The number of amides is 1. The molecule has 0 saturated heterocycles. The van der Waals surface area contributed by atoms with Crippen LogP contribution in [0.5, 0.6) is 5.75 Å². The van der Waals surface area contributed by atoms with Gasteiger partial charge < -0.3 is 15.8 Å². The molecule has 0 aliphatic rings. The minimum Gasteiger partial charge on any atom is -0.497 e. The second-order valence-corrected chi connectivity index (χ2v) is 4.84. The number of nitrogen functional groups attached to an aromatic ring is 1. The quantitative estimate of drug-likeness (QED) is 0.296. The zero-order valence-corrected chi connectivity index (χ0v) is 13.1. The van der Waals surface area contributed by atoms with Crippen LogP contribution < -0.4 is 21.6 Å². The third kappa shape index (κ3) is 4.02. The van der Waals surface area contributed by atoms with E-state index in [4.69, 9.17) is 16.3 Å². The average Bonchev–Trinajstić information content (AvgIpc) is 2.52. The maximum atomic E-state index is 12.6. The minimum absolute atomic E-state index is 0.300. The molecule has 120 valence electrons. The second kappa shape index (κ2) is 8.09. The van der Waals surface area contributed by atoms with E-state index in [1.54, 1.807) is 18.2 Å². The lowest BCUT2D eigenvalue weighted by atomic mass is 10.1. The van der Waals surface area contributed by atoms with Crippen LogP contribution >= 0.6 is 0 Å². The molecule has 1 amide bonds. The molecule has 0 spiro atoms. The largest absolute Gasteiger partial charge is 0.497 e. The lowest BCUT2D eigenvalue weighted by molar-refractivity contribution is 0.0694. The molecule has 0 radical (unpaired) electrons. The Labute approximate surface area is 131 Å². The first-order chi connectivity index (χ1) is 10.5. The number of carbonyl (C=O) groups is 1. The first-order valence-corrected chi connectivity index (χ1v) is 7.04. The van der Waals surface area contributed by atoms with Crippen LogP contribution in [0.4, 0.5) is 5.69 Å². The van der Waals surface area contributed by atoms with Crippen LogP contribution in [-0.2, 0) is 0 Å². The van der Waals surface area contributed by atoms with Gasteiger partial charge >= 0.3 is 0 Å². The summed E-state index contributed by atoms with van der Waals surface area (Å²) < 4.78 is 5.12. The van der Waals surface area contributed by atoms with Crippen molar-refractivity contribution in [1.29, 1.82) is 0 Å². The summed E-state index contributed by atoms with van der Waals surface area (Å²) in [7, 11) is 1.52. The van der Waals surface area contributed by atoms with Gasteiger partial charge in [-0.2, -0.15) is 0 Å². The first kappa shape index (κ1) is 17.6. The van der Waals surface area contributed by atoms with E-state index in [0.717, 1.165) is 11.4 Å². The summed E-state index contributed by atoms with van der Waals surface area (Å²) in [5, 5.41) is 4.04. The van der Waals surface area contributed by atoms with Gasteiger partial charge in [-0.25, -0.2) is 5.84 Å². The molecule has 5 N–H and O–H groups in total. The zero-order chi connectivity index (χ0) is 16.7.